The Morgan fingerprint density at radius 2 is 2.25 bits per heavy atom. The number of amides is 1. The molecule has 1 N–H and O–H groups in total. The van der Waals surface area contributed by atoms with Crippen LogP contribution >= 0.6 is 12.6 Å². The van der Waals surface area contributed by atoms with Gasteiger partial charge in [0.05, 0.1) is 6.61 Å². The average molecular weight is 239 g/mol. The summed E-state index contributed by atoms with van der Waals surface area (Å²) >= 11 is 4.01. The fourth-order valence-corrected chi connectivity index (χ4v) is 1.57. The number of rotatable bonds is 5. The highest BCUT2D eigenvalue weighted by Crippen LogP contribution is 2.21. The number of carbonyl (C=O) groups excluding carboxylic acids is 1. The lowest BCUT2D eigenvalue weighted by atomic mass is 10.2. The van der Waals surface area contributed by atoms with Gasteiger partial charge in [0.25, 0.3) is 0 Å². The molecule has 0 bridgehead atoms. The molecule has 0 aliphatic heterocycles. The summed E-state index contributed by atoms with van der Waals surface area (Å²) in [6.45, 7) is 4.55. The third-order valence-electron chi connectivity index (χ3n) is 2.10. The van der Waals surface area contributed by atoms with Crippen LogP contribution in [0.3, 0.4) is 0 Å². The highest BCUT2D eigenvalue weighted by Gasteiger charge is 2.03. The zero-order valence-electron chi connectivity index (χ0n) is 9.62. The van der Waals surface area contributed by atoms with Gasteiger partial charge in [0.2, 0.25) is 5.91 Å². The van der Waals surface area contributed by atoms with Crippen LogP contribution in [0.5, 0.6) is 5.75 Å². The van der Waals surface area contributed by atoms with E-state index in [4.69, 9.17) is 4.74 Å². The van der Waals surface area contributed by atoms with Crippen molar-refractivity contribution < 1.29 is 9.53 Å². The second kappa shape index (κ2) is 6.43. The van der Waals surface area contributed by atoms with Crippen molar-refractivity contribution in [1.82, 2.24) is 0 Å². The van der Waals surface area contributed by atoms with Crippen LogP contribution in [0.2, 0.25) is 0 Å². The maximum atomic E-state index is 11.3. The molecule has 0 aromatic heterocycles. The van der Waals surface area contributed by atoms with E-state index in [-0.39, 0.29) is 5.91 Å². The van der Waals surface area contributed by atoms with E-state index in [9.17, 15) is 4.79 Å². The normalized spacial score (nSPS) is 9.94. The van der Waals surface area contributed by atoms with Crippen LogP contribution in [-0.4, -0.2) is 18.3 Å². The van der Waals surface area contributed by atoms with Gasteiger partial charge in [-0.25, -0.2) is 0 Å². The minimum absolute atomic E-state index is 0.0152. The molecule has 1 aromatic rings. The van der Waals surface area contributed by atoms with E-state index in [1.165, 1.54) is 0 Å². The zero-order valence-corrected chi connectivity index (χ0v) is 10.5. The number of ether oxygens (including phenoxy) is 1. The number of aryl methyl sites for hydroxylation is 1. The monoisotopic (exact) mass is 239 g/mol. The fraction of sp³-hybridized carbons (Fsp3) is 0.417. The average Bonchev–Trinajstić information content (AvgIpc) is 2.22. The summed E-state index contributed by atoms with van der Waals surface area (Å²) in [6.07, 6.45) is 0.426. The van der Waals surface area contributed by atoms with Crippen LogP contribution in [0.15, 0.2) is 18.2 Å². The maximum Gasteiger partial charge on any atom is 0.225 e. The van der Waals surface area contributed by atoms with Crippen molar-refractivity contribution in [3.8, 4) is 5.75 Å². The number of thiol groups is 1. The first-order valence-corrected chi connectivity index (χ1v) is 5.94. The molecule has 1 aromatic carbocycles. The van der Waals surface area contributed by atoms with E-state index < -0.39 is 0 Å². The summed E-state index contributed by atoms with van der Waals surface area (Å²) < 4.78 is 5.42. The lowest BCUT2D eigenvalue weighted by molar-refractivity contribution is -0.115. The van der Waals surface area contributed by atoms with Gasteiger partial charge in [0.1, 0.15) is 5.75 Å². The smallest absolute Gasteiger partial charge is 0.225 e. The molecule has 1 amide bonds. The summed E-state index contributed by atoms with van der Waals surface area (Å²) in [5.41, 5.74) is 1.82. The molecule has 0 unspecified atom stereocenters. The summed E-state index contributed by atoms with van der Waals surface area (Å²) in [6, 6.07) is 5.62. The summed E-state index contributed by atoms with van der Waals surface area (Å²) in [7, 11) is 0. The molecular formula is C12H17NO2S. The summed E-state index contributed by atoms with van der Waals surface area (Å²) in [5, 5.41) is 2.81. The molecule has 4 heteroatoms. The first-order valence-electron chi connectivity index (χ1n) is 5.31. The predicted octanol–water partition coefficient (Wildman–Crippen LogP) is 2.65. The molecule has 3 nitrogen and oxygen atoms in total. The molecule has 0 saturated carbocycles. The zero-order chi connectivity index (χ0) is 12.0. The van der Waals surface area contributed by atoms with Crippen molar-refractivity contribution >= 4 is 24.2 Å². The Bertz CT molecular complexity index is 366. The van der Waals surface area contributed by atoms with Crippen LogP contribution in [-0.2, 0) is 4.79 Å². The SMILES string of the molecule is CCOc1ccc(NC(=O)CCS)cc1C. The van der Waals surface area contributed by atoms with Gasteiger partial charge in [0, 0.05) is 12.1 Å². The Hall–Kier alpha value is -1.16. The van der Waals surface area contributed by atoms with Crippen LogP contribution in [0.25, 0.3) is 0 Å². The predicted molar refractivity (Wildman–Crippen MR) is 69.4 cm³/mol. The van der Waals surface area contributed by atoms with Crippen molar-refractivity contribution in [2.45, 2.75) is 20.3 Å². The van der Waals surface area contributed by atoms with Crippen molar-refractivity contribution in [2.75, 3.05) is 17.7 Å². The number of hydrogen-bond acceptors (Lipinski definition) is 3. The van der Waals surface area contributed by atoms with Crippen molar-refractivity contribution in [1.29, 1.82) is 0 Å². The molecule has 0 aliphatic rings. The standard InChI is InChI=1S/C12H17NO2S/c1-3-15-11-5-4-10(8-9(11)2)13-12(14)6-7-16/h4-5,8,16H,3,6-7H2,1-2H3,(H,13,14). The minimum Gasteiger partial charge on any atom is -0.494 e. The molecule has 0 aliphatic carbocycles. The first kappa shape index (κ1) is 12.9. The number of anilines is 1. The lowest BCUT2D eigenvalue weighted by Crippen LogP contribution is -2.11. The number of carbonyl (C=O) groups is 1. The van der Waals surface area contributed by atoms with Gasteiger partial charge in [-0.1, -0.05) is 0 Å². The van der Waals surface area contributed by atoms with Crippen LogP contribution in [0.1, 0.15) is 18.9 Å². The molecule has 88 valence electrons. The third-order valence-corrected chi connectivity index (χ3v) is 2.32. The van der Waals surface area contributed by atoms with Gasteiger partial charge in [-0.15, -0.1) is 0 Å². The van der Waals surface area contributed by atoms with E-state index in [0.29, 0.717) is 18.8 Å². The fourth-order valence-electron chi connectivity index (χ4n) is 1.37. The minimum atomic E-state index is -0.0152. The van der Waals surface area contributed by atoms with Crippen LogP contribution in [0, 0.1) is 6.92 Å². The van der Waals surface area contributed by atoms with Gasteiger partial charge >= 0.3 is 0 Å². The second-order valence-corrected chi connectivity index (χ2v) is 3.88. The number of nitrogens with one attached hydrogen (secondary N) is 1. The van der Waals surface area contributed by atoms with Gasteiger partial charge < -0.3 is 10.1 Å². The molecule has 0 fully saturated rings. The van der Waals surface area contributed by atoms with E-state index in [1.807, 2.05) is 32.0 Å². The van der Waals surface area contributed by atoms with E-state index in [0.717, 1.165) is 17.0 Å². The molecule has 16 heavy (non-hydrogen) atoms. The Balaban J connectivity index is 2.69. The van der Waals surface area contributed by atoms with E-state index >= 15 is 0 Å². The van der Waals surface area contributed by atoms with Crippen LogP contribution < -0.4 is 10.1 Å². The highest BCUT2D eigenvalue weighted by atomic mass is 32.1. The van der Waals surface area contributed by atoms with E-state index in [1.54, 1.807) is 0 Å². The molecule has 0 heterocycles. The topological polar surface area (TPSA) is 38.3 Å². The Kier molecular flexibility index (Phi) is 5.19. The molecular weight excluding hydrogens is 222 g/mol. The molecule has 0 spiro atoms. The van der Waals surface area contributed by atoms with Crippen molar-refractivity contribution in [3.63, 3.8) is 0 Å². The lowest BCUT2D eigenvalue weighted by Gasteiger charge is -2.09. The van der Waals surface area contributed by atoms with Crippen molar-refractivity contribution in [3.05, 3.63) is 23.8 Å². The summed E-state index contributed by atoms with van der Waals surface area (Å²) in [5.74, 6) is 1.40. The number of benzene rings is 1. The quantitative estimate of drug-likeness (QED) is 0.775. The Morgan fingerprint density at radius 3 is 2.81 bits per heavy atom. The van der Waals surface area contributed by atoms with Gasteiger partial charge in [-0.2, -0.15) is 12.6 Å². The largest absolute Gasteiger partial charge is 0.494 e. The molecule has 1 rings (SSSR count). The maximum absolute atomic E-state index is 11.3. The molecule has 0 radical (unpaired) electrons. The second-order valence-electron chi connectivity index (χ2n) is 3.44. The van der Waals surface area contributed by atoms with Crippen LogP contribution in [0.4, 0.5) is 5.69 Å². The van der Waals surface area contributed by atoms with Gasteiger partial charge in [0.15, 0.2) is 0 Å². The highest BCUT2D eigenvalue weighted by molar-refractivity contribution is 7.80. The Labute approximate surface area is 102 Å². The van der Waals surface area contributed by atoms with Gasteiger partial charge in [-0.3, -0.25) is 4.79 Å². The Morgan fingerprint density at radius 1 is 1.50 bits per heavy atom. The molecule has 0 atom stereocenters. The molecule has 0 saturated heterocycles. The first-order chi connectivity index (χ1) is 7.67. The van der Waals surface area contributed by atoms with Gasteiger partial charge in [-0.05, 0) is 43.4 Å². The van der Waals surface area contributed by atoms with Crippen molar-refractivity contribution in [2.24, 2.45) is 0 Å². The van der Waals surface area contributed by atoms with E-state index in [2.05, 4.69) is 17.9 Å². The number of hydrogen-bond donors (Lipinski definition) is 2. The summed E-state index contributed by atoms with van der Waals surface area (Å²) in [4.78, 5) is 11.3. The third kappa shape index (κ3) is 3.77.